The molecule has 3 atom stereocenters. The van der Waals surface area contributed by atoms with Crippen LogP contribution in [0, 0.1) is 5.82 Å². The number of ether oxygens (including phenoxy) is 1. The zero-order valence-electron chi connectivity index (χ0n) is 20.2. The molecular weight excluding hydrogens is 405 g/mol. The molecule has 0 spiro atoms. The van der Waals surface area contributed by atoms with Crippen LogP contribution in [-0.4, -0.2) is 57.7 Å². The maximum Gasteiger partial charge on any atom is 0.410 e. The number of rotatable bonds is 2. The van der Waals surface area contributed by atoms with Crippen LogP contribution < -0.4 is 0 Å². The van der Waals surface area contributed by atoms with Crippen molar-refractivity contribution in [2.75, 3.05) is 13.1 Å². The summed E-state index contributed by atoms with van der Waals surface area (Å²) in [6.45, 7) is 11.4. The quantitative estimate of drug-likeness (QED) is 0.614. The maximum absolute atomic E-state index is 13.7. The monoisotopic (exact) mass is 443 g/mol. The number of benzene rings is 1. The van der Waals surface area contributed by atoms with Gasteiger partial charge in [0.05, 0.1) is 6.04 Å². The van der Waals surface area contributed by atoms with E-state index in [0.717, 1.165) is 30.4 Å². The minimum absolute atomic E-state index is 0.101. The van der Waals surface area contributed by atoms with Crippen molar-refractivity contribution in [3.8, 4) is 0 Å². The molecule has 2 aliphatic heterocycles. The van der Waals surface area contributed by atoms with Gasteiger partial charge >= 0.3 is 6.09 Å². The van der Waals surface area contributed by atoms with Crippen molar-refractivity contribution in [3.63, 3.8) is 0 Å². The fourth-order valence-corrected chi connectivity index (χ4v) is 6.02. The second kappa shape index (κ2) is 9.05. The van der Waals surface area contributed by atoms with Crippen LogP contribution in [0.5, 0.6) is 0 Å². The van der Waals surface area contributed by atoms with Crippen LogP contribution >= 0.6 is 0 Å². The van der Waals surface area contributed by atoms with Crippen molar-refractivity contribution >= 4 is 17.0 Å². The predicted molar refractivity (Wildman–Crippen MR) is 126 cm³/mol. The number of nitrogens with zero attached hydrogens (tertiary/aromatic N) is 2. The Kier molecular flexibility index (Phi) is 6.53. The molecule has 2 aromatic rings. The van der Waals surface area contributed by atoms with Gasteiger partial charge in [-0.15, -0.1) is 0 Å². The zero-order valence-corrected chi connectivity index (χ0v) is 20.2. The molecule has 1 N–H and O–H groups in total. The number of likely N-dealkylation sites (tertiary alicyclic amines) is 2. The summed E-state index contributed by atoms with van der Waals surface area (Å²) >= 11 is 0. The summed E-state index contributed by atoms with van der Waals surface area (Å²) in [5, 5.41) is 1.06. The lowest BCUT2D eigenvalue weighted by Crippen LogP contribution is -2.45. The van der Waals surface area contributed by atoms with Gasteiger partial charge in [0.15, 0.2) is 0 Å². The number of aromatic nitrogens is 1. The molecule has 5 nitrogen and oxygen atoms in total. The van der Waals surface area contributed by atoms with Crippen molar-refractivity contribution in [1.82, 2.24) is 14.8 Å². The second-order valence-electron chi connectivity index (χ2n) is 10.2. The highest BCUT2D eigenvalue weighted by molar-refractivity contribution is 5.84. The number of fused-ring (bicyclic) bond motifs is 2. The van der Waals surface area contributed by atoms with Crippen molar-refractivity contribution in [3.05, 3.63) is 35.8 Å². The van der Waals surface area contributed by atoms with Crippen LogP contribution in [0.15, 0.2) is 24.4 Å². The highest BCUT2D eigenvalue weighted by Gasteiger charge is 2.53. The summed E-state index contributed by atoms with van der Waals surface area (Å²) in [4.78, 5) is 21.0. The molecule has 3 aliphatic rings. The van der Waals surface area contributed by atoms with Crippen molar-refractivity contribution < 1.29 is 13.9 Å². The van der Waals surface area contributed by atoms with E-state index in [9.17, 15) is 9.18 Å². The molecule has 3 fully saturated rings. The third kappa shape index (κ3) is 4.26. The number of carbonyl (C=O) groups excluding carboxylic acids is 1. The first-order valence-electron chi connectivity index (χ1n) is 12.3. The van der Waals surface area contributed by atoms with E-state index in [4.69, 9.17) is 4.74 Å². The lowest BCUT2D eigenvalue weighted by atomic mass is 9.91. The van der Waals surface area contributed by atoms with Gasteiger partial charge in [-0.25, -0.2) is 9.18 Å². The highest BCUT2D eigenvalue weighted by Crippen LogP contribution is 2.46. The summed E-state index contributed by atoms with van der Waals surface area (Å²) in [6.07, 6.45) is 7.91. The molecule has 1 unspecified atom stereocenters. The minimum Gasteiger partial charge on any atom is -0.444 e. The van der Waals surface area contributed by atoms with Gasteiger partial charge < -0.3 is 14.6 Å². The van der Waals surface area contributed by atoms with Crippen molar-refractivity contribution in [2.24, 2.45) is 0 Å². The van der Waals surface area contributed by atoms with Gasteiger partial charge in [0.1, 0.15) is 11.4 Å². The molecule has 6 heteroatoms. The number of H-pyrrole nitrogens is 1. The van der Waals surface area contributed by atoms with Crippen molar-refractivity contribution in [1.29, 1.82) is 0 Å². The molecule has 2 saturated heterocycles. The number of nitrogens with one attached hydrogen (secondary N) is 1. The molecule has 5 rings (SSSR count). The summed E-state index contributed by atoms with van der Waals surface area (Å²) < 4.78 is 19.5. The third-order valence-corrected chi connectivity index (χ3v) is 7.16. The van der Waals surface area contributed by atoms with E-state index in [1.54, 1.807) is 6.07 Å². The Morgan fingerprint density at radius 2 is 1.88 bits per heavy atom. The largest absolute Gasteiger partial charge is 0.444 e. The van der Waals surface area contributed by atoms with Gasteiger partial charge in [-0.05, 0) is 63.8 Å². The lowest BCUT2D eigenvalue weighted by Gasteiger charge is -2.31. The molecule has 32 heavy (non-hydrogen) atoms. The zero-order chi connectivity index (χ0) is 23.0. The summed E-state index contributed by atoms with van der Waals surface area (Å²) in [6, 6.07) is 6.04. The van der Waals surface area contributed by atoms with Gasteiger partial charge in [-0.3, -0.25) is 4.90 Å². The fourth-order valence-electron chi connectivity index (χ4n) is 6.02. The number of hydrogen-bond acceptors (Lipinski definition) is 3. The number of hydrogen-bond donors (Lipinski definition) is 1. The standard InChI is InChI=1S/C24H32FN3O2.C2H6/c1-24(2,3)30-23(29)27-11-10-21-22(27)19(14-28(21)16-6-4-5-7-16)18-13-26-20-12-15(25)8-9-17(18)20;1-2/h8-9,12-13,16,19,21-22,26H,4-7,10-11,14H2,1-3H3;1-2H3/t19?,21-,22-;/m1./s1. The first kappa shape index (κ1) is 23.1. The van der Waals surface area contributed by atoms with E-state index in [1.807, 2.05) is 51.8 Å². The molecule has 1 saturated carbocycles. The number of aromatic amines is 1. The molecular formula is C26H38FN3O2. The van der Waals surface area contributed by atoms with E-state index in [-0.39, 0.29) is 23.9 Å². The third-order valence-electron chi connectivity index (χ3n) is 7.16. The Labute approximate surface area is 191 Å². The van der Waals surface area contributed by atoms with E-state index in [1.165, 1.54) is 37.3 Å². The smallest absolute Gasteiger partial charge is 0.410 e. The first-order chi connectivity index (χ1) is 15.3. The highest BCUT2D eigenvalue weighted by atomic mass is 19.1. The van der Waals surface area contributed by atoms with Crippen LogP contribution in [0.3, 0.4) is 0 Å². The SMILES string of the molecule is CC.CC(C)(C)OC(=O)N1CC[C@@H]2[C@H]1C(c1c[nH]c3cc(F)ccc13)CN2C1CCCC1. The Balaban J connectivity index is 0.00000119. The van der Waals surface area contributed by atoms with Crippen LogP contribution in [0.2, 0.25) is 0 Å². The van der Waals surface area contributed by atoms with Crippen LogP contribution in [0.25, 0.3) is 10.9 Å². The number of halogens is 1. The molecule has 1 aromatic carbocycles. The summed E-state index contributed by atoms with van der Waals surface area (Å²) in [5.74, 6) is -0.0335. The molecule has 176 valence electrons. The average molecular weight is 444 g/mol. The first-order valence-corrected chi connectivity index (χ1v) is 12.3. The molecule has 0 radical (unpaired) electrons. The van der Waals surface area contributed by atoms with Crippen molar-refractivity contribution in [2.45, 2.75) is 96.4 Å². The Bertz CT molecular complexity index is 944. The minimum atomic E-state index is -0.507. The Morgan fingerprint density at radius 1 is 1.16 bits per heavy atom. The predicted octanol–water partition coefficient (Wildman–Crippen LogP) is 6.05. The van der Waals surface area contributed by atoms with Crippen LogP contribution in [0.4, 0.5) is 9.18 Å². The number of amides is 1. The topological polar surface area (TPSA) is 48.6 Å². The molecule has 1 aromatic heterocycles. The lowest BCUT2D eigenvalue weighted by molar-refractivity contribution is 0.0210. The van der Waals surface area contributed by atoms with Gasteiger partial charge in [0, 0.05) is 48.2 Å². The van der Waals surface area contributed by atoms with Crippen LogP contribution in [0.1, 0.15) is 78.2 Å². The Hall–Kier alpha value is -2.08. The van der Waals surface area contributed by atoms with Gasteiger partial charge in [0.2, 0.25) is 0 Å². The molecule has 1 aliphatic carbocycles. The fraction of sp³-hybridized carbons (Fsp3) is 0.654. The van der Waals surface area contributed by atoms with E-state index in [0.29, 0.717) is 12.1 Å². The summed E-state index contributed by atoms with van der Waals surface area (Å²) in [5.41, 5.74) is 1.51. The van der Waals surface area contributed by atoms with Crippen LogP contribution in [-0.2, 0) is 4.74 Å². The van der Waals surface area contributed by atoms with E-state index < -0.39 is 5.60 Å². The average Bonchev–Trinajstić information content (AvgIpc) is 3.51. The molecule has 0 bridgehead atoms. The maximum atomic E-state index is 13.7. The van der Waals surface area contributed by atoms with E-state index in [2.05, 4.69) is 9.88 Å². The van der Waals surface area contributed by atoms with Gasteiger partial charge in [-0.2, -0.15) is 0 Å². The normalized spacial score (nSPS) is 26.3. The number of carbonyl (C=O) groups is 1. The van der Waals surface area contributed by atoms with Gasteiger partial charge in [0.25, 0.3) is 0 Å². The van der Waals surface area contributed by atoms with E-state index >= 15 is 0 Å². The summed E-state index contributed by atoms with van der Waals surface area (Å²) in [7, 11) is 0. The second-order valence-corrected chi connectivity index (χ2v) is 10.2. The van der Waals surface area contributed by atoms with Gasteiger partial charge in [-0.1, -0.05) is 26.7 Å². The molecule has 1 amide bonds. The molecule has 3 heterocycles. The Morgan fingerprint density at radius 3 is 2.56 bits per heavy atom.